The van der Waals surface area contributed by atoms with Crippen molar-refractivity contribution in [3.05, 3.63) is 23.3 Å². The molecule has 1 rings (SSSR count). The molecular formula is C16H28O4Si. The molecule has 1 aliphatic rings. The quantitative estimate of drug-likeness (QED) is 0.246. The van der Waals surface area contributed by atoms with Crippen LogP contribution in [0.2, 0.25) is 25.7 Å². The van der Waals surface area contributed by atoms with Crippen LogP contribution >= 0.6 is 0 Å². The first-order valence-corrected chi connectivity index (χ1v) is 11.4. The summed E-state index contributed by atoms with van der Waals surface area (Å²) in [5, 5.41) is 9.76. The summed E-state index contributed by atoms with van der Waals surface area (Å²) in [6, 6.07) is 1.06. The predicted octanol–water partition coefficient (Wildman–Crippen LogP) is 3.26. The van der Waals surface area contributed by atoms with Crippen LogP contribution in [-0.4, -0.2) is 38.7 Å². The van der Waals surface area contributed by atoms with Crippen LogP contribution in [-0.2, 0) is 14.3 Å². The average molecular weight is 312 g/mol. The summed E-state index contributed by atoms with van der Waals surface area (Å²) in [6.45, 7) is 9.77. The van der Waals surface area contributed by atoms with Crippen LogP contribution in [0.5, 0.6) is 0 Å². The van der Waals surface area contributed by atoms with Gasteiger partial charge in [0.1, 0.15) is 6.61 Å². The Kier molecular flexibility index (Phi) is 7.35. The first kappa shape index (κ1) is 18.1. The third kappa shape index (κ3) is 7.06. The maximum atomic E-state index is 11.5. The number of allylic oxidation sites excluding steroid dienone is 2. The van der Waals surface area contributed by atoms with E-state index in [0.717, 1.165) is 24.5 Å². The maximum absolute atomic E-state index is 11.5. The van der Waals surface area contributed by atoms with Crippen molar-refractivity contribution < 1.29 is 19.4 Å². The van der Waals surface area contributed by atoms with Gasteiger partial charge in [-0.25, -0.2) is 4.79 Å². The summed E-state index contributed by atoms with van der Waals surface area (Å²) in [5.74, 6) is -0.241. The lowest BCUT2D eigenvalue weighted by molar-refractivity contribution is -0.135. The zero-order valence-corrected chi connectivity index (χ0v) is 14.6. The fourth-order valence-electron chi connectivity index (χ4n) is 2.01. The molecule has 120 valence electrons. The minimum Gasteiger partial charge on any atom is -0.457 e. The summed E-state index contributed by atoms with van der Waals surface area (Å²) in [5.41, 5.74) is 1.62. The van der Waals surface area contributed by atoms with E-state index in [4.69, 9.17) is 9.47 Å². The number of carbonyl (C=O) groups is 1. The Morgan fingerprint density at radius 3 is 2.76 bits per heavy atom. The van der Waals surface area contributed by atoms with Gasteiger partial charge in [-0.3, -0.25) is 0 Å². The molecule has 1 atom stereocenters. The number of esters is 1. The van der Waals surface area contributed by atoms with Crippen molar-refractivity contribution in [1.82, 2.24) is 0 Å². The summed E-state index contributed by atoms with van der Waals surface area (Å²) in [7, 11) is -1.10. The molecule has 1 N–H and O–H groups in total. The Morgan fingerprint density at radius 1 is 1.43 bits per heavy atom. The van der Waals surface area contributed by atoms with Gasteiger partial charge in [0.05, 0.1) is 5.57 Å². The first-order chi connectivity index (χ1) is 9.83. The number of carbonyl (C=O) groups excluding carboxylic acids is 1. The standard InChI is InChI=1S/C16H28O4Si/c1-5-13-12-20-16(18)14(13)8-6-7-9-15(17)19-10-11-21(2,3)4/h5,8,15,17H,6-7,9-12H2,1-4H3/b13-5+,14-8?/t15-/m0/s1. The van der Waals surface area contributed by atoms with E-state index in [1.807, 2.05) is 19.1 Å². The lowest BCUT2D eigenvalue weighted by atomic mass is 10.1. The lowest BCUT2D eigenvalue weighted by Gasteiger charge is -2.17. The van der Waals surface area contributed by atoms with Crippen molar-refractivity contribution in [1.29, 1.82) is 0 Å². The first-order valence-electron chi connectivity index (χ1n) is 7.66. The smallest absolute Gasteiger partial charge is 0.338 e. The zero-order chi connectivity index (χ0) is 15.9. The molecule has 0 aromatic heterocycles. The third-order valence-electron chi connectivity index (χ3n) is 3.44. The van der Waals surface area contributed by atoms with E-state index in [1.165, 1.54) is 0 Å². The van der Waals surface area contributed by atoms with Gasteiger partial charge in [0.25, 0.3) is 0 Å². The predicted molar refractivity (Wildman–Crippen MR) is 86.8 cm³/mol. The second kappa shape index (κ2) is 8.51. The summed E-state index contributed by atoms with van der Waals surface area (Å²) >= 11 is 0. The molecule has 0 saturated carbocycles. The Labute approximate surface area is 128 Å². The molecule has 0 spiro atoms. The van der Waals surface area contributed by atoms with E-state index < -0.39 is 14.4 Å². The Morgan fingerprint density at radius 2 is 2.14 bits per heavy atom. The molecule has 1 heterocycles. The van der Waals surface area contributed by atoms with Crippen LogP contribution in [0.1, 0.15) is 26.2 Å². The molecule has 0 aliphatic carbocycles. The molecule has 0 amide bonds. The van der Waals surface area contributed by atoms with Gasteiger partial charge >= 0.3 is 5.97 Å². The monoisotopic (exact) mass is 312 g/mol. The number of aliphatic hydroxyl groups excluding tert-OH is 1. The van der Waals surface area contributed by atoms with Crippen molar-refractivity contribution in [3.63, 3.8) is 0 Å². The van der Waals surface area contributed by atoms with Crippen LogP contribution in [0.3, 0.4) is 0 Å². The summed E-state index contributed by atoms with van der Waals surface area (Å²) in [6.07, 6.45) is 5.25. The largest absolute Gasteiger partial charge is 0.457 e. The topological polar surface area (TPSA) is 55.8 Å². The molecule has 1 aliphatic heterocycles. The van der Waals surface area contributed by atoms with E-state index in [1.54, 1.807) is 0 Å². The Bertz CT molecular complexity index is 407. The van der Waals surface area contributed by atoms with Crippen molar-refractivity contribution in [2.75, 3.05) is 13.2 Å². The highest BCUT2D eigenvalue weighted by Gasteiger charge is 2.23. The summed E-state index contributed by atoms with van der Waals surface area (Å²) in [4.78, 5) is 11.5. The highest BCUT2D eigenvalue weighted by atomic mass is 28.3. The van der Waals surface area contributed by atoms with Crippen LogP contribution in [0.4, 0.5) is 0 Å². The molecule has 0 unspecified atom stereocenters. The SMILES string of the molecule is C/C=C1\COC(=O)C1=CCCC[C@@H](O)OCC[Si](C)(C)C. The van der Waals surface area contributed by atoms with Crippen molar-refractivity contribution in [3.8, 4) is 0 Å². The van der Waals surface area contributed by atoms with Crippen LogP contribution in [0, 0.1) is 0 Å². The van der Waals surface area contributed by atoms with Gasteiger partial charge in [-0.15, -0.1) is 0 Å². The van der Waals surface area contributed by atoms with Gasteiger partial charge in [-0.05, 0) is 37.8 Å². The van der Waals surface area contributed by atoms with Crippen LogP contribution in [0.25, 0.3) is 0 Å². The molecule has 1 fully saturated rings. The van der Waals surface area contributed by atoms with Gasteiger partial charge in [-0.2, -0.15) is 0 Å². The number of hydrogen-bond acceptors (Lipinski definition) is 4. The van der Waals surface area contributed by atoms with E-state index in [-0.39, 0.29) is 5.97 Å². The highest BCUT2D eigenvalue weighted by Crippen LogP contribution is 2.21. The molecule has 0 bridgehead atoms. The second-order valence-corrected chi connectivity index (χ2v) is 12.2. The highest BCUT2D eigenvalue weighted by molar-refractivity contribution is 6.76. The third-order valence-corrected chi connectivity index (χ3v) is 5.14. The van der Waals surface area contributed by atoms with Crippen molar-refractivity contribution >= 4 is 14.0 Å². The average Bonchev–Trinajstić information content (AvgIpc) is 2.74. The molecule has 21 heavy (non-hydrogen) atoms. The van der Waals surface area contributed by atoms with Gasteiger partial charge in [-0.1, -0.05) is 31.8 Å². The minimum atomic E-state index is -1.10. The number of hydrogen-bond donors (Lipinski definition) is 1. The Hall–Kier alpha value is -0.913. The Balaban J connectivity index is 2.23. The van der Waals surface area contributed by atoms with E-state index in [0.29, 0.717) is 25.2 Å². The fraction of sp³-hybridized carbons (Fsp3) is 0.688. The van der Waals surface area contributed by atoms with E-state index in [9.17, 15) is 9.90 Å². The molecule has 1 saturated heterocycles. The minimum absolute atomic E-state index is 0.241. The fourth-order valence-corrected chi connectivity index (χ4v) is 2.74. The van der Waals surface area contributed by atoms with Gasteiger partial charge in [0.2, 0.25) is 0 Å². The molecule has 0 aromatic rings. The number of cyclic esters (lactones) is 1. The maximum Gasteiger partial charge on any atom is 0.338 e. The van der Waals surface area contributed by atoms with Crippen LogP contribution in [0.15, 0.2) is 23.3 Å². The molecular weight excluding hydrogens is 284 g/mol. The molecule has 5 heteroatoms. The van der Waals surface area contributed by atoms with E-state index in [2.05, 4.69) is 19.6 Å². The van der Waals surface area contributed by atoms with Crippen molar-refractivity contribution in [2.45, 2.75) is 58.2 Å². The second-order valence-electron chi connectivity index (χ2n) is 6.57. The zero-order valence-electron chi connectivity index (χ0n) is 13.6. The van der Waals surface area contributed by atoms with Gasteiger partial charge < -0.3 is 14.6 Å². The number of unbranched alkanes of at least 4 members (excludes halogenated alkanes) is 1. The van der Waals surface area contributed by atoms with Crippen LogP contribution < -0.4 is 0 Å². The number of rotatable bonds is 8. The van der Waals surface area contributed by atoms with E-state index >= 15 is 0 Å². The normalized spacial score (nSPS) is 21.1. The molecule has 0 aromatic carbocycles. The molecule has 0 radical (unpaired) electrons. The summed E-state index contributed by atoms with van der Waals surface area (Å²) < 4.78 is 10.4. The lowest BCUT2D eigenvalue weighted by Crippen LogP contribution is -2.23. The number of ether oxygens (including phenoxy) is 2. The molecule has 4 nitrogen and oxygen atoms in total. The number of aliphatic hydroxyl groups is 1. The van der Waals surface area contributed by atoms with Gasteiger partial charge in [0, 0.05) is 14.7 Å². The van der Waals surface area contributed by atoms with Gasteiger partial charge in [0.15, 0.2) is 6.29 Å². The van der Waals surface area contributed by atoms with Crippen molar-refractivity contribution in [2.24, 2.45) is 0 Å².